The van der Waals surface area contributed by atoms with Crippen molar-refractivity contribution in [2.24, 2.45) is 0 Å². The molecule has 2 aromatic heterocycles. The molecule has 1 heteroatoms. The van der Waals surface area contributed by atoms with Crippen molar-refractivity contribution in [3.63, 3.8) is 0 Å². The smallest absolute Gasteiger partial charge is 0.0540 e. The minimum Gasteiger partial charge on any atom is -0.316 e. The summed E-state index contributed by atoms with van der Waals surface area (Å²) < 4.78 is 2.40. The monoisotopic (exact) mass is 393 g/mol. The van der Waals surface area contributed by atoms with Gasteiger partial charge in [-0.05, 0) is 87.0 Å². The molecule has 0 amide bonds. The Labute approximate surface area is 180 Å². The summed E-state index contributed by atoms with van der Waals surface area (Å²) >= 11 is 0. The van der Waals surface area contributed by atoms with Gasteiger partial charge in [-0.2, -0.15) is 0 Å². The Balaban J connectivity index is 1.53. The standard InChI is InChI=1S/C30H19N/c1-4-9-22-18(6-1)14-20-16-26-24-12-11-23-21-8-3-2-7-19(21)15-27(23)30(24)28-10-5-13-31(28)29(26)17-25(20)22/h1-13,16-17H,14-15H2. The first-order valence-electron chi connectivity index (χ1n) is 11.0. The summed E-state index contributed by atoms with van der Waals surface area (Å²) in [5, 5.41) is 4.16. The highest BCUT2D eigenvalue weighted by Gasteiger charge is 2.24. The summed E-state index contributed by atoms with van der Waals surface area (Å²) in [5.74, 6) is 0. The van der Waals surface area contributed by atoms with Gasteiger partial charge in [-0.15, -0.1) is 0 Å². The molecule has 0 fully saturated rings. The lowest BCUT2D eigenvalue weighted by molar-refractivity contribution is 1.25. The lowest BCUT2D eigenvalue weighted by Crippen LogP contribution is -1.94. The molecule has 0 atom stereocenters. The quantitative estimate of drug-likeness (QED) is 0.237. The van der Waals surface area contributed by atoms with Gasteiger partial charge in [-0.3, -0.25) is 0 Å². The largest absolute Gasteiger partial charge is 0.316 e. The Kier molecular flexibility index (Phi) is 2.80. The second-order valence-electron chi connectivity index (χ2n) is 8.97. The molecular weight excluding hydrogens is 374 g/mol. The Morgan fingerprint density at radius 3 is 2.16 bits per heavy atom. The van der Waals surface area contributed by atoms with Gasteiger partial charge >= 0.3 is 0 Å². The molecule has 6 aromatic rings. The zero-order valence-corrected chi connectivity index (χ0v) is 17.0. The van der Waals surface area contributed by atoms with E-state index in [4.69, 9.17) is 0 Å². The van der Waals surface area contributed by atoms with Crippen LogP contribution < -0.4 is 0 Å². The summed E-state index contributed by atoms with van der Waals surface area (Å²) in [4.78, 5) is 0. The highest BCUT2D eigenvalue weighted by molar-refractivity contribution is 6.17. The van der Waals surface area contributed by atoms with Gasteiger partial charge in [0.1, 0.15) is 0 Å². The predicted octanol–water partition coefficient (Wildman–Crippen LogP) is 7.39. The van der Waals surface area contributed by atoms with Gasteiger partial charge in [0.25, 0.3) is 0 Å². The summed E-state index contributed by atoms with van der Waals surface area (Å²) in [6, 6.07) is 31.8. The molecule has 8 rings (SSSR count). The van der Waals surface area contributed by atoms with E-state index in [0.29, 0.717) is 0 Å². The van der Waals surface area contributed by atoms with Crippen LogP contribution in [-0.4, -0.2) is 4.40 Å². The number of aromatic nitrogens is 1. The Morgan fingerprint density at radius 2 is 1.29 bits per heavy atom. The van der Waals surface area contributed by atoms with E-state index >= 15 is 0 Å². The van der Waals surface area contributed by atoms with Crippen molar-refractivity contribution in [1.29, 1.82) is 0 Å². The molecule has 0 aliphatic heterocycles. The Bertz CT molecular complexity index is 1720. The first-order chi connectivity index (χ1) is 15.4. The van der Waals surface area contributed by atoms with Crippen LogP contribution in [0.15, 0.2) is 91.1 Å². The van der Waals surface area contributed by atoms with Crippen LogP contribution in [-0.2, 0) is 12.8 Å². The van der Waals surface area contributed by atoms with Crippen molar-refractivity contribution >= 4 is 27.2 Å². The van der Waals surface area contributed by atoms with Crippen LogP contribution in [0.4, 0.5) is 0 Å². The van der Waals surface area contributed by atoms with E-state index in [9.17, 15) is 0 Å². The van der Waals surface area contributed by atoms with E-state index in [2.05, 4.69) is 95.5 Å². The second kappa shape index (κ2) is 5.44. The molecule has 0 N–H and O–H groups in total. The van der Waals surface area contributed by atoms with E-state index in [1.165, 1.54) is 71.7 Å². The second-order valence-corrected chi connectivity index (χ2v) is 8.97. The number of nitrogens with zero attached hydrogens (tertiary/aromatic N) is 1. The zero-order valence-electron chi connectivity index (χ0n) is 17.0. The van der Waals surface area contributed by atoms with Crippen molar-refractivity contribution in [2.75, 3.05) is 0 Å². The van der Waals surface area contributed by atoms with Crippen molar-refractivity contribution in [2.45, 2.75) is 12.8 Å². The van der Waals surface area contributed by atoms with Crippen molar-refractivity contribution in [3.05, 3.63) is 113 Å². The molecular formula is C30H19N. The molecule has 0 saturated carbocycles. The third kappa shape index (κ3) is 1.92. The third-order valence-electron chi connectivity index (χ3n) is 7.45. The van der Waals surface area contributed by atoms with Gasteiger partial charge < -0.3 is 4.40 Å². The summed E-state index contributed by atoms with van der Waals surface area (Å²) in [7, 11) is 0. The van der Waals surface area contributed by atoms with Crippen LogP contribution in [0.2, 0.25) is 0 Å². The molecule has 31 heavy (non-hydrogen) atoms. The van der Waals surface area contributed by atoms with Crippen LogP contribution in [0.25, 0.3) is 49.4 Å². The number of pyridine rings is 1. The number of rotatable bonds is 0. The molecule has 1 nitrogen and oxygen atoms in total. The maximum Gasteiger partial charge on any atom is 0.0540 e. The molecule has 0 radical (unpaired) electrons. The lowest BCUT2D eigenvalue weighted by Gasteiger charge is -2.15. The third-order valence-corrected chi connectivity index (χ3v) is 7.45. The van der Waals surface area contributed by atoms with Gasteiger partial charge in [0.2, 0.25) is 0 Å². The van der Waals surface area contributed by atoms with Crippen molar-refractivity contribution in [3.8, 4) is 22.3 Å². The van der Waals surface area contributed by atoms with E-state index in [0.717, 1.165) is 12.8 Å². The van der Waals surface area contributed by atoms with E-state index in [1.807, 2.05) is 0 Å². The molecule has 2 heterocycles. The van der Waals surface area contributed by atoms with Crippen LogP contribution in [0.3, 0.4) is 0 Å². The van der Waals surface area contributed by atoms with Crippen LogP contribution in [0.5, 0.6) is 0 Å². The molecule has 0 saturated heterocycles. The number of hydrogen-bond donors (Lipinski definition) is 0. The summed E-state index contributed by atoms with van der Waals surface area (Å²) in [6.45, 7) is 0. The molecule has 0 unspecified atom stereocenters. The van der Waals surface area contributed by atoms with Gasteiger partial charge in [-0.25, -0.2) is 0 Å². The first kappa shape index (κ1) is 15.9. The van der Waals surface area contributed by atoms with Gasteiger partial charge in [0.15, 0.2) is 0 Å². The number of fused-ring (bicyclic) bond motifs is 13. The average molecular weight is 393 g/mol. The van der Waals surface area contributed by atoms with Crippen LogP contribution in [0, 0.1) is 0 Å². The maximum absolute atomic E-state index is 2.46. The minimum absolute atomic E-state index is 1.02. The normalized spacial score (nSPS) is 13.5. The molecule has 4 aromatic carbocycles. The SMILES string of the molecule is c1ccc2c(c1)Cc1cc3c4ccc5c(c4c4cccn4c3cc1-2)Cc1ccccc1-5. The lowest BCUT2D eigenvalue weighted by atomic mass is 9.94. The summed E-state index contributed by atoms with van der Waals surface area (Å²) in [5.41, 5.74) is 14.0. The fourth-order valence-electron chi connectivity index (χ4n) is 6.11. The van der Waals surface area contributed by atoms with Gasteiger partial charge in [-0.1, -0.05) is 60.7 Å². The molecule has 144 valence electrons. The topological polar surface area (TPSA) is 4.41 Å². The Hall–Kier alpha value is -3.84. The van der Waals surface area contributed by atoms with E-state index < -0.39 is 0 Å². The molecule has 2 aliphatic rings. The van der Waals surface area contributed by atoms with Crippen LogP contribution in [0.1, 0.15) is 22.3 Å². The minimum atomic E-state index is 1.02. The molecule has 0 spiro atoms. The van der Waals surface area contributed by atoms with Crippen LogP contribution >= 0.6 is 0 Å². The van der Waals surface area contributed by atoms with Gasteiger partial charge in [0.05, 0.1) is 11.0 Å². The highest BCUT2D eigenvalue weighted by atomic mass is 14.9. The van der Waals surface area contributed by atoms with E-state index in [1.54, 1.807) is 0 Å². The summed E-state index contributed by atoms with van der Waals surface area (Å²) in [6.07, 6.45) is 4.28. The van der Waals surface area contributed by atoms with Crippen molar-refractivity contribution < 1.29 is 0 Å². The van der Waals surface area contributed by atoms with E-state index in [-0.39, 0.29) is 0 Å². The zero-order chi connectivity index (χ0) is 20.1. The average Bonchev–Trinajstić information content (AvgIpc) is 3.52. The predicted molar refractivity (Wildman–Crippen MR) is 129 cm³/mol. The Morgan fingerprint density at radius 1 is 0.516 bits per heavy atom. The maximum atomic E-state index is 2.46. The fraction of sp³-hybridized carbons (Fsp3) is 0.0667. The highest BCUT2D eigenvalue weighted by Crippen LogP contribution is 2.45. The fourth-order valence-corrected chi connectivity index (χ4v) is 6.11. The first-order valence-corrected chi connectivity index (χ1v) is 11.0. The van der Waals surface area contributed by atoms with Crippen molar-refractivity contribution in [1.82, 2.24) is 4.40 Å². The molecule has 0 bridgehead atoms. The number of hydrogen-bond acceptors (Lipinski definition) is 0. The van der Waals surface area contributed by atoms with Gasteiger partial charge in [0, 0.05) is 17.0 Å². The number of benzene rings is 4. The molecule has 2 aliphatic carbocycles.